The molecule has 0 N–H and O–H groups in total. The maximum atomic E-state index is 13.4. The molecule has 0 saturated carbocycles. The van der Waals surface area contributed by atoms with E-state index in [2.05, 4.69) is 15.9 Å². The topological polar surface area (TPSA) is 57.7 Å². The van der Waals surface area contributed by atoms with Crippen molar-refractivity contribution in [2.45, 2.75) is 37.1 Å². The zero-order chi connectivity index (χ0) is 21.7. The first kappa shape index (κ1) is 23.5. The van der Waals surface area contributed by atoms with E-state index in [0.717, 1.165) is 30.2 Å². The summed E-state index contributed by atoms with van der Waals surface area (Å²) in [4.78, 5) is 14.9. The molecule has 0 bridgehead atoms. The maximum Gasteiger partial charge on any atom is 0.243 e. The van der Waals surface area contributed by atoms with E-state index in [0.29, 0.717) is 28.7 Å². The van der Waals surface area contributed by atoms with Crippen LogP contribution >= 0.6 is 39.1 Å². The molecule has 2 aromatic rings. The van der Waals surface area contributed by atoms with Gasteiger partial charge in [-0.25, -0.2) is 8.42 Å². The number of hydrogen-bond acceptors (Lipinski definition) is 3. The van der Waals surface area contributed by atoms with Gasteiger partial charge < -0.3 is 4.90 Å². The van der Waals surface area contributed by atoms with Gasteiger partial charge in [-0.1, -0.05) is 58.0 Å². The van der Waals surface area contributed by atoms with Gasteiger partial charge in [0.2, 0.25) is 15.9 Å². The van der Waals surface area contributed by atoms with E-state index < -0.39 is 10.0 Å². The summed E-state index contributed by atoms with van der Waals surface area (Å²) in [6.45, 7) is 1.06. The second-order valence-corrected chi connectivity index (χ2v) is 11.0. The summed E-state index contributed by atoms with van der Waals surface area (Å²) in [6.07, 6.45) is 4.05. The third kappa shape index (κ3) is 5.98. The molecule has 3 rings (SSSR count). The predicted molar refractivity (Wildman–Crippen MR) is 123 cm³/mol. The monoisotopic (exact) mass is 532 g/mol. The van der Waals surface area contributed by atoms with Gasteiger partial charge in [0.1, 0.15) is 0 Å². The van der Waals surface area contributed by atoms with Crippen LogP contribution in [0.3, 0.4) is 0 Å². The number of carbonyl (C=O) groups excluding carboxylic acids is 1. The summed E-state index contributed by atoms with van der Waals surface area (Å²) in [5, 5.41) is 0.826. The Kier molecular flexibility index (Phi) is 8.21. The average Bonchev–Trinajstić information content (AvgIpc) is 2.99. The van der Waals surface area contributed by atoms with Gasteiger partial charge in [-0.05, 0) is 54.8 Å². The minimum absolute atomic E-state index is 0.0199. The highest BCUT2D eigenvalue weighted by molar-refractivity contribution is 9.10. The zero-order valence-electron chi connectivity index (χ0n) is 16.4. The van der Waals surface area contributed by atoms with Gasteiger partial charge in [-0.2, -0.15) is 4.31 Å². The Bertz CT molecular complexity index is 992. The summed E-state index contributed by atoms with van der Waals surface area (Å²) in [7, 11) is -3.91. The number of benzene rings is 2. The van der Waals surface area contributed by atoms with Gasteiger partial charge in [0.25, 0.3) is 0 Å². The highest BCUT2D eigenvalue weighted by Gasteiger charge is 2.29. The van der Waals surface area contributed by atoms with E-state index in [9.17, 15) is 13.2 Å². The molecule has 1 aliphatic heterocycles. The molecule has 30 heavy (non-hydrogen) atoms. The number of hydrogen-bond donors (Lipinski definition) is 0. The standard InChI is InChI=1S/C21H23BrCl2N2O3S/c22-17-6-9-19(10-7-17)30(28,29)26(14-16-5-8-18(23)13-20(16)24)15-21(27)25-11-3-1-2-4-12-25/h5-10,13H,1-4,11-12,14-15H2. The van der Waals surface area contributed by atoms with Gasteiger partial charge in [0, 0.05) is 34.2 Å². The lowest BCUT2D eigenvalue weighted by molar-refractivity contribution is -0.131. The number of carbonyl (C=O) groups is 1. The molecule has 2 aromatic carbocycles. The van der Waals surface area contributed by atoms with Gasteiger partial charge in [0.15, 0.2) is 0 Å². The Morgan fingerprint density at radius 1 is 1.00 bits per heavy atom. The molecule has 162 valence electrons. The molecule has 1 amide bonds. The molecular formula is C21H23BrCl2N2O3S. The molecule has 0 unspecified atom stereocenters. The minimum atomic E-state index is -3.91. The SMILES string of the molecule is O=C(CN(Cc1ccc(Cl)cc1Cl)S(=O)(=O)c1ccc(Br)cc1)N1CCCCCC1. The van der Waals surface area contributed by atoms with Gasteiger partial charge >= 0.3 is 0 Å². The molecule has 0 spiro atoms. The van der Waals surface area contributed by atoms with Crippen molar-refractivity contribution < 1.29 is 13.2 Å². The molecule has 0 aromatic heterocycles. The lowest BCUT2D eigenvalue weighted by Crippen LogP contribution is -2.43. The van der Waals surface area contributed by atoms with Crippen LogP contribution in [0.2, 0.25) is 10.0 Å². The van der Waals surface area contributed by atoms with E-state index >= 15 is 0 Å². The van der Waals surface area contributed by atoms with Crippen LogP contribution in [0.1, 0.15) is 31.2 Å². The van der Waals surface area contributed by atoms with Gasteiger partial charge in [-0.3, -0.25) is 4.79 Å². The molecular weight excluding hydrogens is 511 g/mol. The van der Waals surface area contributed by atoms with Crippen molar-refractivity contribution >= 4 is 55.1 Å². The average molecular weight is 534 g/mol. The fraction of sp³-hybridized carbons (Fsp3) is 0.381. The number of nitrogens with zero attached hydrogens (tertiary/aromatic N) is 2. The minimum Gasteiger partial charge on any atom is -0.342 e. The highest BCUT2D eigenvalue weighted by Crippen LogP contribution is 2.26. The Hall–Kier alpha value is -1.12. The van der Waals surface area contributed by atoms with Gasteiger partial charge in [-0.15, -0.1) is 0 Å². The van der Waals surface area contributed by atoms with Crippen molar-refractivity contribution in [3.05, 3.63) is 62.5 Å². The van der Waals surface area contributed by atoms with E-state index in [4.69, 9.17) is 23.2 Å². The molecule has 0 aliphatic carbocycles. The fourth-order valence-corrected chi connectivity index (χ4v) is 5.49. The summed E-state index contributed by atoms with van der Waals surface area (Å²) >= 11 is 15.6. The Morgan fingerprint density at radius 3 is 2.23 bits per heavy atom. The van der Waals surface area contributed by atoms with Crippen molar-refractivity contribution in [1.29, 1.82) is 0 Å². The highest BCUT2D eigenvalue weighted by atomic mass is 79.9. The molecule has 0 atom stereocenters. The van der Waals surface area contributed by atoms with Crippen LogP contribution in [0.25, 0.3) is 0 Å². The third-order valence-corrected chi connectivity index (χ3v) is 8.01. The summed E-state index contributed by atoms with van der Waals surface area (Å²) < 4.78 is 28.7. The first-order valence-electron chi connectivity index (χ1n) is 9.75. The molecule has 0 radical (unpaired) electrons. The lowest BCUT2D eigenvalue weighted by atomic mass is 10.2. The Morgan fingerprint density at radius 2 is 1.63 bits per heavy atom. The zero-order valence-corrected chi connectivity index (χ0v) is 20.3. The van der Waals surface area contributed by atoms with E-state index in [1.165, 1.54) is 16.4 Å². The molecule has 5 nitrogen and oxygen atoms in total. The van der Waals surface area contributed by atoms with E-state index in [-0.39, 0.29) is 23.9 Å². The molecule has 1 fully saturated rings. The number of sulfonamides is 1. The van der Waals surface area contributed by atoms with Crippen LogP contribution < -0.4 is 0 Å². The number of rotatable bonds is 6. The largest absolute Gasteiger partial charge is 0.342 e. The van der Waals surface area contributed by atoms with E-state index in [1.54, 1.807) is 35.2 Å². The van der Waals surface area contributed by atoms with Crippen molar-refractivity contribution in [1.82, 2.24) is 9.21 Å². The van der Waals surface area contributed by atoms with Crippen LogP contribution in [0, 0.1) is 0 Å². The Labute approximate surface area is 196 Å². The smallest absolute Gasteiger partial charge is 0.243 e. The van der Waals surface area contributed by atoms with Crippen LogP contribution in [0.15, 0.2) is 51.8 Å². The molecule has 1 heterocycles. The fourth-order valence-electron chi connectivity index (χ4n) is 3.39. The normalized spacial score (nSPS) is 15.3. The maximum absolute atomic E-state index is 13.4. The third-order valence-electron chi connectivity index (χ3n) is 5.08. The molecule has 1 aliphatic rings. The van der Waals surface area contributed by atoms with Crippen LogP contribution in [-0.4, -0.2) is 43.2 Å². The second kappa shape index (κ2) is 10.5. The molecule has 1 saturated heterocycles. The number of amides is 1. The van der Waals surface area contributed by atoms with Crippen molar-refractivity contribution in [3.8, 4) is 0 Å². The number of halogens is 3. The summed E-state index contributed by atoms with van der Waals surface area (Å²) in [5.74, 6) is -0.192. The molecule has 9 heteroatoms. The van der Waals surface area contributed by atoms with Crippen LogP contribution in [0.4, 0.5) is 0 Å². The number of likely N-dealkylation sites (tertiary alicyclic amines) is 1. The van der Waals surface area contributed by atoms with Gasteiger partial charge in [0.05, 0.1) is 11.4 Å². The second-order valence-electron chi connectivity index (χ2n) is 7.26. The van der Waals surface area contributed by atoms with Crippen molar-refractivity contribution in [3.63, 3.8) is 0 Å². The van der Waals surface area contributed by atoms with Crippen LogP contribution in [0.5, 0.6) is 0 Å². The first-order valence-corrected chi connectivity index (χ1v) is 12.7. The predicted octanol–water partition coefficient (Wildman–Crippen LogP) is 5.35. The van der Waals surface area contributed by atoms with Crippen molar-refractivity contribution in [2.24, 2.45) is 0 Å². The quantitative estimate of drug-likeness (QED) is 0.503. The van der Waals surface area contributed by atoms with Crippen LogP contribution in [-0.2, 0) is 21.4 Å². The Balaban J connectivity index is 1.90. The summed E-state index contributed by atoms with van der Waals surface area (Å²) in [6, 6.07) is 11.3. The van der Waals surface area contributed by atoms with E-state index in [1.807, 2.05) is 0 Å². The summed E-state index contributed by atoms with van der Waals surface area (Å²) in [5.41, 5.74) is 0.588. The lowest BCUT2D eigenvalue weighted by Gasteiger charge is -2.26. The van der Waals surface area contributed by atoms with Crippen molar-refractivity contribution in [2.75, 3.05) is 19.6 Å². The first-order chi connectivity index (χ1) is 14.3.